The molecule has 0 spiro atoms. The number of amides is 1. The number of nitrogens with zero attached hydrogens (tertiary/aromatic N) is 1. The van der Waals surface area contributed by atoms with E-state index in [2.05, 4.69) is 0 Å². The lowest BCUT2D eigenvalue weighted by Gasteiger charge is -2.23. The van der Waals surface area contributed by atoms with E-state index < -0.39 is 62.0 Å². The van der Waals surface area contributed by atoms with Gasteiger partial charge < -0.3 is 10.0 Å². The molecule has 0 aliphatic carbocycles. The molecule has 0 bridgehead atoms. The lowest BCUT2D eigenvalue weighted by Crippen LogP contribution is -2.47. The minimum Gasteiger partial charge on any atom is -0.480 e. The van der Waals surface area contributed by atoms with Gasteiger partial charge in [0.2, 0.25) is 15.9 Å². The second-order valence-electron chi connectivity index (χ2n) is 4.06. The van der Waals surface area contributed by atoms with Crippen molar-refractivity contribution in [2.24, 2.45) is 5.14 Å². The van der Waals surface area contributed by atoms with E-state index in [-0.39, 0.29) is 0 Å². The largest absolute Gasteiger partial charge is 0.480 e. The van der Waals surface area contributed by atoms with Gasteiger partial charge in [-0.15, -0.1) is 0 Å². The van der Waals surface area contributed by atoms with Crippen LogP contribution in [0.3, 0.4) is 0 Å². The lowest BCUT2D eigenvalue weighted by molar-refractivity contribution is -0.147. The number of hydrogen-bond donors (Lipinski definition) is 3. The summed E-state index contributed by atoms with van der Waals surface area (Å²) in [6.07, 6.45) is -0.520. The Labute approximate surface area is 109 Å². The molecule has 2 atom stereocenters. The van der Waals surface area contributed by atoms with E-state index in [1.165, 1.54) is 0 Å². The average molecular weight is 316 g/mol. The number of rotatable bonds is 5. The number of nitrogens with two attached hydrogens (primary N) is 1. The van der Waals surface area contributed by atoms with E-state index in [1.807, 2.05) is 0 Å². The van der Waals surface area contributed by atoms with Gasteiger partial charge in [-0.2, -0.15) is 8.42 Å². The maximum absolute atomic E-state index is 11.5. The zero-order chi connectivity index (χ0) is 15.0. The fourth-order valence-corrected chi connectivity index (χ4v) is 3.18. The Morgan fingerprint density at radius 3 is 2.26 bits per heavy atom. The number of carboxylic acid groups (broad SMARTS) is 1. The third-order valence-corrected chi connectivity index (χ3v) is 4.60. The number of primary sulfonamides is 1. The van der Waals surface area contributed by atoms with Crippen molar-refractivity contribution in [3.63, 3.8) is 0 Å². The number of carbonyl (C=O) groups excluding carboxylic acids is 1. The number of hydrogen-bond acceptors (Lipinski definition) is 6. The Morgan fingerprint density at radius 2 is 1.95 bits per heavy atom. The first-order valence-electron chi connectivity index (χ1n) is 4.91. The van der Waals surface area contributed by atoms with Crippen LogP contribution >= 0.6 is 0 Å². The van der Waals surface area contributed by atoms with Crippen molar-refractivity contribution in [1.82, 2.24) is 4.90 Å². The molecule has 1 fully saturated rings. The zero-order valence-electron chi connectivity index (χ0n) is 9.46. The predicted octanol–water partition coefficient (Wildman–Crippen LogP) is -2.78. The highest BCUT2D eigenvalue weighted by Crippen LogP contribution is 2.20. The van der Waals surface area contributed by atoms with Crippen LogP contribution in [0, 0.1) is 0 Å². The summed E-state index contributed by atoms with van der Waals surface area (Å²) in [4.78, 5) is 23.0. The van der Waals surface area contributed by atoms with Crippen molar-refractivity contribution in [3.8, 4) is 0 Å². The molecule has 0 aromatic rings. The maximum Gasteiger partial charge on any atom is 0.327 e. The third kappa shape index (κ3) is 4.12. The summed E-state index contributed by atoms with van der Waals surface area (Å²) in [5.74, 6) is -3.73. The van der Waals surface area contributed by atoms with Crippen molar-refractivity contribution in [2.45, 2.75) is 17.7 Å². The van der Waals surface area contributed by atoms with Crippen LogP contribution in [-0.2, 0) is 29.7 Å². The molecule has 12 heteroatoms. The molecule has 0 aromatic carbocycles. The number of carbonyl (C=O) groups is 2. The van der Waals surface area contributed by atoms with E-state index in [9.17, 15) is 26.4 Å². The highest BCUT2D eigenvalue weighted by molar-refractivity contribution is 7.89. The Kier molecular flexibility index (Phi) is 4.19. The van der Waals surface area contributed by atoms with Crippen LogP contribution in [0.15, 0.2) is 0 Å². The zero-order valence-corrected chi connectivity index (χ0v) is 11.1. The van der Waals surface area contributed by atoms with E-state index in [0.717, 1.165) is 0 Å². The molecule has 1 rings (SSSR count). The highest BCUT2D eigenvalue weighted by Gasteiger charge is 2.43. The Morgan fingerprint density at radius 1 is 1.42 bits per heavy atom. The summed E-state index contributed by atoms with van der Waals surface area (Å²) in [6.45, 7) is -0.524. The first-order valence-corrected chi connectivity index (χ1v) is 8.12. The normalized spacial score (nSPS) is 22.5. The molecule has 0 aromatic heterocycles. The second-order valence-corrected chi connectivity index (χ2v) is 7.41. The minimum absolute atomic E-state index is 0.520. The summed E-state index contributed by atoms with van der Waals surface area (Å²) in [5, 5.41) is 12.4. The topological polar surface area (TPSA) is 172 Å². The predicted molar refractivity (Wildman–Crippen MR) is 61.1 cm³/mol. The van der Waals surface area contributed by atoms with Crippen molar-refractivity contribution < 1.29 is 36.1 Å². The van der Waals surface area contributed by atoms with Gasteiger partial charge in [-0.3, -0.25) is 9.35 Å². The standard InChI is InChI=1S/C7H12N2O8S2/c8-19(16,17)4-1-6(10)9(2-4)5(7(11)12)3-18(13,14)15/h4-5H,1-3H2,(H,11,12)(H2,8,16,17)(H,13,14,15). The molecule has 19 heavy (non-hydrogen) atoms. The molecular weight excluding hydrogens is 304 g/mol. The number of aliphatic carboxylic acids is 1. The van der Waals surface area contributed by atoms with Gasteiger partial charge in [0, 0.05) is 13.0 Å². The molecular formula is C7H12N2O8S2. The van der Waals surface area contributed by atoms with Gasteiger partial charge in [-0.1, -0.05) is 0 Å². The van der Waals surface area contributed by atoms with Crippen LogP contribution in [0.25, 0.3) is 0 Å². The highest BCUT2D eigenvalue weighted by atomic mass is 32.2. The lowest BCUT2D eigenvalue weighted by atomic mass is 10.3. The number of sulfonamides is 1. The van der Waals surface area contributed by atoms with Gasteiger partial charge in [0.15, 0.2) is 0 Å². The smallest absolute Gasteiger partial charge is 0.327 e. The Bertz CT molecular complexity index is 595. The van der Waals surface area contributed by atoms with Crippen LogP contribution in [0.2, 0.25) is 0 Å². The molecule has 0 radical (unpaired) electrons. The molecule has 1 saturated heterocycles. The summed E-state index contributed by atoms with van der Waals surface area (Å²) in [6, 6.07) is -1.85. The van der Waals surface area contributed by atoms with Gasteiger partial charge >= 0.3 is 5.97 Å². The fraction of sp³-hybridized carbons (Fsp3) is 0.714. The van der Waals surface area contributed by atoms with Gasteiger partial charge in [0.25, 0.3) is 10.1 Å². The van der Waals surface area contributed by atoms with Crippen LogP contribution in [0.4, 0.5) is 0 Å². The summed E-state index contributed by atoms with van der Waals surface area (Å²) in [5.41, 5.74) is 0. The van der Waals surface area contributed by atoms with E-state index in [1.54, 1.807) is 0 Å². The second kappa shape index (κ2) is 5.03. The van der Waals surface area contributed by atoms with Crippen LogP contribution in [-0.4, -0.2) is 66.9 Å². The van der Waals surface area contributed by atoms with E-state index >= 15 is 0 Å². The van der Waals surface area contributed by atoms with Gasteiger partial charge in [-0.05, 0) is 0 Å². The van der Waals surface area contributed by atoms with Crippen LogP contribution < -0.4 is 5.14 Å². The average Bonchev–Trinajstić information content (AvgIpc) is 2.54. The fourth-order valence-electron chi connectivity index (χ4n) is 1.71. The van der Waals surface area contributed by atoms with Crippen molar-refractivity contribution in [3.05, 3.63) is 0 Å². The number of likely N-dealkylation sites (tertiary alicyclic amines) is 1. The van der Waals surface area contributed by atoms with Crippen molar-refractivity contribution in [2.75, 3.05) is 12.3 Å². The third-order valence-electron chi connectivity index (χ3n) is 2.62. The quantitative estimate of drug-likeness (QED) is 0.457. The molecule has 10 nitrogen and oxygen atoms in total. The molecule has 1 heterocycles. The summed E-state index contributed by atoms with van der Waals surface area (Å²) < 4.78 is 52.2. The first-order chi connectivity index (χ1) is 8.42. The molecule has 2 unspecified atom stereocenters. The monoisotopic (exact) mass is 316 g/mol. The minimum atomic E-state index is -4.64. The number of carboxylic acids is 1. The molecule has 1 aliphatic rings. The van der Waals surface area contributed by atoms with Gasteiger partial charge in [-0.25, -0.2) is 18.4 Å². The molecule has 1 aliphatic heterocycles. The molecule has 4 N–H and O–H groups in total. The van der Waals surface area contributed by atoms with Crippen LogP contribution in [0.5, 0.6) is 0 Å². The van der Waals surface area contributed by atoms with Gasteiger partial charge in [0.1, 0.15) is 17.0 Å². The Hall–Kier alpha value is -1.24. The maximum atomic E-state index is 11.5. The van der Waals surface area contributed by atoms with Crippen LogP contribution in [0.1, 0.15) is 6.42 Å². The van der Waals surface area contributed by atoms with Gasteiger partial charge in [0.05, 0.1) is 0 Å². The molecule has 0 saturated carbocycles. The van der Waals surface area contributed by atoms with Crippen molar-refractivity contribution >= 4 is 32.0 Å². The molecule has 110 valence electrons. The SMILES string of the molecule is NS(=O)(=O)C1CC(=O)N(C(CS(=O)(=O)O)C(=O)O)C1. The Balaban J connectivity index is 3.00. The van der Waals surface area contributed by atoms with Crippen molar-refractivity contribution in [1.29, 1.82) is 0 Å². The summed E-state index contributed by atoms with van der Waals surface area (Å²) >= 11 is 0. The van der Waals surface area contributed by atoms with E-state index in [4.69, 9.17) is 14.8 Å². The summed E-state index contributed by atoms with van der Waals surface area (Å²) in [7, 11) is -8.68. The van der Waals surface area contributed by atoms with E-state index in [0.29, 0.717) is 4.90 Å². The first kappa shape index (κ1) is 15.8. The molecule has 1 amide bonds.